The molecule has 12 aromatic rings. The van der Waals surface area contributed by atoms with Crippen LogP contribution < -0.4 is 9.80 Å². The largest absolute Gasteiger partial charge is 0.455 e. The number of nitrogens with zero attached hydrogens (tertiary/aromatic N) is 2. The number of furan rings is 2. The van der Waals surface area contributed by atoms with Crippen LogP contribution in [0.4, 0.5) is 34.1 Å². The van der Waals surface area contributed by atoms with Crippen molar-refractivity contribution < 1.29 is 8.83 Å². The van der Waals surface area contributed by atoms with E-state index in [2.05, 4.69) is 246 Å². The van der Waals surface area contributed by atoms with Crippen LogP contribution in [0, 0.1) is 0 Å². The van der Waals surface area contributed by atoms with Crippen molar-refractivity contribution in [2.75, 3.05) is 9.80 Å². The van der Waals surface area contributed by atoms with E-state index in [-0.39, 0.29) is 5.92 Å². The van der Waals surface area contributed by atoms with Gasteiger partial charge in [-0.05, 0) is 119 Å². The summed E-state index contributed by atoms with van der Waals surface area (Å²) in [5, 5.41) is 4.54. The molecule has 0 fully saturated rings. The predicted octanol–water partition coefficient (Wildman–Crippen LogP) is 18.9. The Balaban J connectivity index is 0.762. The molecule has 70 heavy (non-hydrogen) atoms. The number of benzene rings is 10. The number of fused-ring (bicyclic) bond motifs is 6. The Bertz CT molecular complexity index is 3880. The Kier molecular flexibility index (Phi) is 10.3. The van der Waals surface area contributed by atoms with Crippen LogP contribution in [0.3, 0.4) is 0 Å². The molecule has 1 aliphatic rings. The molecule has 2 aromatic heterocycles. The molecule has 0 amide bonds. The van der Waals surface area contributed by atoms with Gasteiger partial charge in [0.05, 0.1) is 0 Å². The van der Waals surface area contributed by atoms with Gasteiger partial charge in [-0.15, -0.1) is 0 Å². The monoisotopic (exact) mass is 898 g/mol. The lowest BCUT2D eigenvalue weighted by Crippen LogP contribution is -2.10. The molecule has 4 heteroatoms. The quantitative estimate of drug-likeness (QED) is 0.137. The van der Waals surface area contributed by atoms with E-state index < -0.39 is 0 Å². The Hall–Kier alpha value is -9.12. The highest BCUT2D eigenvalue weighted by molar-refractivity contribution is 6.10. The number of para-hydroxylation sites is 6. The summed E-state index contributed by atoms with van der Waals surface area (Å²) in [5.74, 6) is 0.254. The zero-order valence-electron chi connectivity index (χ0n) is 38.3. The molecular formula is C66H46N2O2. The van der Waals surface area contributed by atoms with Gasteiger partial charge in [-0.3, -0.25) is 0 Å². The van der Waals surface area contributed by atoms with E-state index in [9.17, 15) is 0 Å². The maximum atomic E-state index is 6.40. The van der Waals surface area contributed by atoms with Crippen LogP contribution in [-0.4, -0.2) is 0 Å². The van der Waals surface area contributed by atoms with Crippen molar-refractivity contribution in [3.8, 4) is 22.3 Å². The highest BCUT2D eigenvalue weighted by Crippen LogP contribution is 2.42. The van der Waals surface area contributed by atoms with Crippen molar-refractivity contribution in [2.45, 2.75) is 12.3 Å². The van der Waals surface area contributed by atoms with E-state index in [0.29, 0.717) is 0 Å². The van der Waals surface area contributed by atoms with Crippen molar-refractivity contribution in [3.63, 3.8) is 0 Å². The van der Waals surface area contributed by atoms with Gasteiger partial charge in [0, 0.05) is 72.7 Å². The Morgan fingerprint density at radius 2 is 0.714 bits per heavy atom. The maximum absolute atomic E-state index is 6.40. The molecule has 1 unspecified atom stereocenters. The number of hydrogen-bond acceptors (Lipinski definition) is 4. The van der Waals surface area contributed by atoms with Crippen molar-refractivity contribution in [2.24, 2.45) is 0 Å². The topological polar surface area (TPSA) is 32.8 Å². The van der Waals surface area contributed by atoms with E-state index in [0.717, 1.165) is 107 Å². The maximum Gasteiger partial charge on any atom is 0.143 e. The van der Waals surface area contributed by atoms with E-state index in [4.69, 9.17) is 8.83 Å². The minimum atomic E-state index is 0.254. The van der Waals surface area contributed by atoms with Crippen molar-refractivity contribution in [1.29, 1.82) is 0 Å². The second-order valence-electron chi connectivity index (χ2n) is 18.0. The number of rotatable bonds is 10. The first-order valence-electron chi connectivity index (χ1n) is 24.0. The van der Waals surface area contributed by atoms with E-state index in [1.807, 2.05) is 24.3 Å². The molecule has 0 N–H and O–H groups in total. The first-order valence-corrected chi connectivity index (χ1v) is 24.0. The third kappa shape index (κ3) is 7.44. The van der Waals surface area contributed by atoms with Gasteiger partial charge in [0.25, 0.3) is 0 Å². The van der Waals surface area contributed by atoms with Crippen LogP contribution in [-0.2, 0) is 0 Å². The van der Waals surface area contributed by atoms with E-state index in [1.165, 1.54) is 16.7 Å². The zero-order chi connectivity index (χ0) is 46.4. The smallest absolute Gasteiger partial charge is 0.143 e. The summed E-state index contributed by atoms with van der Waals surface area (Å²) in [6.45, 7) is 0. The highest BCUT2D eigenvalue weighted by atomic mass is 16.3. The number of hydrogen-bond donors (Lipinski definition) is 0. The molecule has 2 heterocycles. The third-order valence-corrected chi connectivity index (χ3v) is 13.8. The fraction of sp³-hybridized carbons (Fsp3) is 0.0303. The van der Waals surface area contributed by atoms with Gasteiger partial charge in [-0.1, -0.05) is 176 Å². The lowest BCUT2D eigenvalue weighted by atomic mass is 9.87. The second-order valence-corrected chi connectivity index (χ2v) is 18.0. The molecule has 10 aromatic carbocycles. The second kappa shape index (κ2) is 17.5. The van der Waals surface area contributed by atoms with Gasteiger partial charge in [0.1, 0.15) is 22.3 Å². The van der Waals surface area contributed by atoms with Gasteiger partial charge in [0.15, 0.2) is 0 Å². The molecular weight excluding hydrogens is 853 g/mol. The summed E-state index contributed by atoms with van der Waals surface area (Å²) < 4.78 is 12.8. The van der Waals surface area contributed by atoms with E-state index >= 15 is 0 Å². The zero-order valence-corrected chi connectivity index (χ0v) is 38.3. The molecule has 332 valence electrons. The van der Waals surface area contributed by atoms with Crippen LogP contribution in [0.5, 0.6) is 0 Å². The van der Waals surface area contributed by atoms with Gasteiger partial charge >= 0.3 is 0 Å². The summed E-state index contributed by atoms with van der Waals surface area (Å²) in [6.07, 6.45) is 7.96. The standard InChI is InChI=1S/C66H46N2O2/c1-3-16-51(17-4-1)67(55-40-32-47(33-41-55)57-22-12-24-61-59-20-7-9-26-63(59)69-65(57)61)53-36-28-45(29-37-53)49-14-11-15-50(44-49)46-30-38-54(39-31-46)68(52-18-5-2-6-19-52)56-42-34-48(35-43-56)58-23-13-25-62-60-21-8-10-27-64(60)70-66(58)62/h1-14,16-44,50H,15H2. The highest BCUT2D eigenvalue weighted by Gasteiger charge is 2.20. The van der Waals surface area contributed by atoms with Crippen molar-refractivity contribution >= 4 is 83.6 Å². The molecule has 0 saturated heterocycles. The van der Waals surface area contributed by atoms with Gasteiger partial charge < -0.3 is 18.6 Å². The molecule has 13 rings (SSSR count). The van der Waals surface area contributed by atoms with E-state index in [1.54, 1.807) is 0 Å². The molecule has 1 atom stereocenters. The van der Waals surface area contributed by atoms with Crippen LogP contribution in [0.1, 0.15) is 23.5 Å². The molecule has 0 aliphatic heterocycles. The average molecular weight is 899 g/mol. The first-order chi connectivity index (χ1) is 34.7. The van der Waals surface area contributed by atoms with Crippen LogP contribution >= 0.6 is 0 Å². The van der Waals surface area contributed by atoms with Gasteiger partial charge in [0.2, 0.25) is 0 Å². The molecule has 0 bridgehead atoms. The molecule has 4 nitrogen and oxygen atoms in total. The third-order valence-electron chi connectivity index (χ3n) is 13.8. The van der Waals surface area contributed by atoms with Gasteiger partial charge in [-0.2, -0.15) is 0 Å². The fourth-order valence-corrected chi connectivity index (χ4v) is 10.4. The number of allylic oxidation sites excluding steroid dienone is 4. The summed E-state index contributed by atoms with van der Waals surface area (Å²) in [7, 11) is 0. The summed E-state index contributed by atoms with van der Waals surface area (Å²) in [6, 6.07) is 86.3. The molecule has 0 spiro atoms. The minimum absolute atomic E-state index is 0.254. The molecule has 1 aliphatic carbocycles. The minimum Gasteiger partial charge on any atom is -0.455 e. The summed E-state index contributed by atoms with van der Waals surface area (Å²) in [4.78, 5) is 4.65. The first kappa shape index (κ1) is 41.1. The van der Waals surface area contributed by atoms with Crippen molar-refractivity contribution in [3.05, 3.63) is 272 Å². The summed E-state index contributed by atoms with van der Waals surface area (Å²) in [5.41, 5.74) is 18.3. The lowest BCUT2D eigenvalue weighted by Gasteiger charge is -2.27. The fourth-order valence-electron chi connectivity index (χ4n) is 10.4. The average Bonchev–Trinajstić information content (AvgIpc) is 4.02. The van der Waals surface area contributed by atoms with Crippen LogP contribution in [0.25, 0.3) is 71.7 Å². The van der Waals surface area contributed by atoms with Crippen molar-refractivity contribution in [1.82, 2.24) is 0 Å². The predicted molar refractivity (Wildman–Crippen MR) is 292 cm³/mol. The normalized spacial score (nSPS) is 13.5. The number of anilines is 6. The Morgan fingerprint density at radius 1 is 0.329 bits per heavy atom. The molecule has 0 saturated carbocycles. The van der Waals surface area contributed by atoms with Crippen LogP contribution in [0.2, 0.25) is 0 Å². The summed E-state index contributed by atoms with van der Waals surface area (Å²) >= 11 is 0. The van der Waals surface area contributed by atoms with Gasteiger partial charge in [-0.25, -0.2) is 0 Å². The SMILES string of the molecule is C1=CC(c2ccc(N(c3ccccc3)c3ccc(-c4cccc5c4oc4ccccc45)cc3)cc2)=CC(c2ccc(N(c3ccccc3)c3ccc(-c4cccc5c4oc4ccccc45)cc3)cc2)C1. The lowest BCUT2D eigenvalue weighted by molar-refractivity contribution is 0.669. The van der Waals surface area contributed by atoms with Crippen LogP contribution in [0.15, 0.2) is 270 Å². The Morgan fingerprint density at radius 3 is 1.19 bits per heavy atom. The molecule has 0 radical (unpaired) electrons. The Labute approximate surface area is 406 Å².